The highest BCUT2D eigenvalue weighted by Crippen LogP contribution is 2.16. The molecule has 0 radical (unpaired) electrons. The molecule has 0 aliphatic rings. The summed E-state index contributed by atoms with van der Waals surface area (Å²) in [5, 5.41) is 5.22. The first-order chi connectivity index (χ1) is 12.8. The maximum absolute atomic E-state index is 6.00. The average Bonchev–Trinajstić information content (AvgIpc) is 3.08. The third-order valence-corrected chi connectivity index (χ3v) is 4.12. The molecule has 2 aromatic heterocycles. The third kappa shape index (κ3) is 3.76. The molecule has 0 spiro atoms. The molecule has 26 heavy (non-hydrogen) atoms. The molecule has 0 aliphatic heterocycles. The summed E-state index contributed by atoms with van der Waals surface area (Å²) in [5.74, 6) is 0.532. The van der Waals surface area contributed by atoms with Gasteiger partial charge in [-0.3, -0.25) is 0 Å². The van der Waals surface area contributed by atoms with Crippen LogP contribution in [-0.2, 0) is 6.61 Å². The summed E-state index contributed by atoms with van der Waals surface area (Å²) in [6.07, 6.45) is 5.82. The van der Waals surface area contributed by atoms with Crippen LogP contribution in [0, 0.1) is 0 Å². The van der Waals surface area contributed by atoms with Crippen molar-refractivity contribution in [2.24, 2.45) is 0 Å². The van der Waals surface area contributed by atoms with Crippen molar-refractivity contribution in [3.05, 3.63) is 94.8 Å². The lowest BCUT2D eigenvalue weighted by Gasteiger charge is -2.06. The highest BCUT2D eigenvalue weighted by molar-refractivity contribution is 6.30. The Morgan fingerprint density at radius 1 is 0.962 bits per heavy atom. The zero-order chi connectivity index (χ0) is 17.8. The second kappa shape index (κ2) is 7.42. The Hall–Kier alpha value is -3.11. The van der Waals surface area contributed by atoms with Gasteiger partial charge in [0.2, 0.25) is 5.88 Å². The molecule has 4 nitrogen and oxygen atoms in total. The molecule has 0 bridgehead atoms. The summed E-state index contributed by atoms with van der Waals surface area (Å²) in [4.78, 5) is 4.38. The molecule has 0 N–H and O–H groups in total. The van der Waals surface area contributed by atoms with Crippen molar-refractivity contribution in [3.63, 3.8) is 0 Å². The van der Waals surface area contributed by atoms with Gasteiger partial charge in [0.05, 0.1) is 11.9 Å². The van der Waals surface area contributed by atoms with Crippen molar-refractivity contribution in [3.8, 4) is 5.88 Å². The van der Waals surface area contributed by atoms with Crippen LogP contribution in [0.5, 0.6) is 5.88 Å². The number of ether oxygens (including phenoxy) is 1. The Labute approximate surface area is 156 Å². The van der Waals surface area contributed by atoms with E-state index in [2.05, 4.69) is 10.1 Å². The standard InChI is InChI=1S/C21H16ClN3O/c22-18-8-4-7-17(13-18)15-26-21-12-11-20-23-14-19(25(20)24-21)10-9-16-5-2-1-3-6-16/h1-14H,15H2/b10-9+. The fourth-order valence-electron chi connectivity index (χ4n) is 2.59. The van der Waals surface area contributed by atoms with Gasteiger partial charge in [0.15, 0.2) is 5.65 Å². The maximum Gasteiger partial charge on any atom is 0.232 e. The summed E-state index contributed by atoms with van der Waals surface area (Å²) < 4.78 is 7.57. The van der Waals surface area contributed by atoms with E-state index in [0.717, 1.165) is 22.5 Å². The Balaban J connectivity index is 1.55. The van der Waals surface area contributed by atoms with Crippen molar-refractivity contribution in [2.75, 3.05) is 0 Å². The first-order valence-electron chi connectivity index (χ1n) is 8.23. The lowest BCUT2D eigenvalue weighted by atomic mass is 10.2. The summed E-state index contributed by atoms with van der Waals surface area (Å²) in [5.41, 5.74) is 3.77. The molecule has 0 unspecified atom stereocenters. The van der Waals surface area contributed by atoms with E-state index in [9.17, 15) is 0 Å². The SMILES string of the molecule is Clc1cccc(COc2ccc3ncc(/C=C/c4ccccc4)n3n2)c1. The van der Waals surface area contributed by atoms with E-state index >= 15 is 0 Å². The normalized spacial score (nSPS) is 11.3. The molecule has 2 aromatic carbocycles. The van der Waals surface area contributed by atoms with Gasteiger partial charge in [0.1, 0.15) is 6.61 Å². The number of rotatable bonds is 5. The number of halogens is 1. The van der Waals surface area contributed by atoms with Crippen molar-refractivity contribution < 1.29 is 4.74 Å². The monoisotopic (exact) mass is 361 g/mol. The van der Waals surface area contributed by atoms with Gasteiger partial charge in [-0.25, -0.2) is 9.50 Å². The van der Waals surface area contributed by atoms with Crippen LogP contribution in [-0.4, -0.2) is 14.6 Å². The molecule has 0 saturated carbocycles. The largest absolute Gasteiger partial charge is 0.472 e. The molecule has 4 rings (SSSR count). The van der Waals surface area contributed by atoms with E-state index < -0.39 is 0 Å². The number of imidazole rings is 1. The maximum atomic E-state index is 6.00. The third-order valence-electron chi connectivity index (χ3n) is 3.89. The Morgan fingerprint density at radius 2 is 1.85 bits per heavy atom. The Morgan fingerprint density at radius 3 is 2.69 bits per heavy atom. The molecule has 5 heteroatoms. The second-order valence-corrected chi connectivity index (χ2v) is 6.22. The minimum atomic E-state index is 0.406. The second-order valence-electron chi connectivity index (χ2n) is 5.79. The van der Waals surface area contributed by atoms with Crippen molar-refractivity contribution in [1.82, 2.24) is 14.6 Å². The smallest absolute Gasteiger partial charge is 0.232 e. The van der Waals surface area contributed by atoms with Crippen molar-refractivity contribution in [2.45, 2.75) is 6.61 Å². The van der Waals surface area contributed by atoms with E-state index in [0.29, 0.717) is 17.5 Å². The van der Waals surface area contributed by atoms with Crippen LogP contribution >= 0.6 is 11.6 Å². The van der Waals surface area contributed by atoms with Gasteiger partial charge in [-0.1, -0.05) is 60.1 Å². The van der Waals surface area contributed by atoms with Gasteiger partial charge in [-0.05, 0) is 35.4 Å². The fraction of sp³-hybridized carbons (Fsp3) is 0.0476. The summed E-state index contributed by atoms with van der Waals surface area (Å²) in [6.45, 7) is 0.406. The molecular weight excluding hydrogens is 346 g/mol. The van der Waals surface area contributed by atoms with E-state index in [1.807, 2.05) is 78.9 Å². The molecule has 0 aliphatic carbocycles. The van der Waals surface area contributed by atoms with E-state index in [4.69, 9.17) is 16.3 Å². The number of benzene rings is 2. The number of hydrogen-bond acceptors (Lipinski definition) is 3. The van der Waals surface area contributed by atoms with Crippen LogP contribution in [0.25, 0.3) is 17.8 Å². The number of nitrogens with zero attached hydrogens (tertiary/aromatic N) is 3. The first-order valence-corrected chi connectivity index (χ1v) is 8.61. The lowest BCUT2D eigenvalue weighted by molar-refractivity contribution is 0.289. The number of fused-ring (bicyclic) bond motifs is 1. The fourth-order valence-corrected chi connectivity index (χ4v) is 2.81. The van der Waals surface area contributed by atoms with Crippen LogP contribution in [0.2, 0.25) is 5.02 Å². The van der Waals surface area contributed by atoms with Gasteiger partial charge < -0.3 is 4.74 Å². The molecular formula is C21H16ClN3O. The van der Waals surface area contributed by atoms with E-state index in [1.165, 1.54) is 0 Å². The van der Waals surface area contributed by atoms with Gasteiger partial charge in [0.25, 0.3) is 0 Å². The Kier molecular flexibility index (Phi) is 4.67. The lowest BCUT2D eigenvalue weighted by Crippen LogP contribution is -2.01. The highest BCUT2D eigenvalue weighted by Gasteiger charge is 2.05. The number of aromatic nitrogens is 3. The molecule has 0 atom stereocenters. The first kappa shape index (κ1) is 16.4. The highest BCUT2D eigenvalue weighted by atomic mass is 35.5. The van der Waals surface area contributed by atoms with Gasteiger partial charge in [0, 0.05) is 11.1 Å². The Bertz CT molecular complexity index is 1060. The molecule has 4 aromatic rings. The van der Waals surface area contributed by atoms with Crippen LogP contribution in [0.1, 0.15) is 16.8 Å². The molecule has 0 saturated heterocycles. The van der Waals surface area contributed by atoms with Crippen LogP contribution < -0.4 is 4.74 Å². The van der Waals surface area contributed by atoms with Gasteiger partial charge in [-0.15, -0.1) is 5.10 Å². The molecule has 0 fully saturated rings. The van der Waals surface area contributed by atoms with Gasteiger partial charge in [-0.2, -0.15) is 0 Å². The summed E-state index contributed by atoms with van der Waals surface area (Å²) in [7, 11) is 0. The molecule has 0 amide bonds. The summed E-state index contributed by atoms with van der Waals surface area (Å²) in [6, 6.07) is 21.4. The predicted octanol–water partition coefficient (Wildman–Crippen LogP) is 5.13. The van der Waals surface area contributed by atoms with Crippen LogP contribution in [0.15, 0.2) is 72.9 Å². The molecule has 128 valence electrons. The van der Waals surface area contributed by atoms with Crippen LogP contribution in [0.4, 0.5) is 0 Å². The molecule has 2 heterocycles. The number of hydrogen-bond donors (Lipinski definition) is 0. The minimum absolute atomic E-state index is 0.406. The average molecular weight is 362 g/mol. The zero-order valence-electron chi connectivity index (χ0n) is 13.9. The van der Waals surface area contributed by atoms with E-state index in [-0.39, 0.29) is 0 Å². The van der Waals surface area contributed by atoms with Crippen LogP contribution in [0.3, 0.4) is 0 Å². The topological polar surface area (TPSA) is 39.4 Å². The van der Waals surface area contributed by atoms with Gasteiger partial charge >= 0.3 is 0 Å². The van der Waals surface area contributed by atoms with E-state index in [1.54, 1.807) is 10.7 Å². The van der Waals surface area contributed by atoms with Crippen molar-refractivity contribution >= 4 is 29.4 Å². The predicted molar refractivity (Wildman–Crippen MR) is 104 cm³/mol. The van der Waals surface area contributed by atoms with Crippen molar-refractivity contribution in [1.29, 1.82) is 0 Å². The summed E-state index contributed by atoms with van der Waals surface area (Å²) >= 11 is 6.00. The quantitative estimate of drug-likeness (QED) is 0.494. The zero-order valence-corrected chi connectivity index (χ0v) is 14.7. The minimum Gasteiger partial charge on any atom is -0.472 e.